The van der Waals surface area contributed by atoms with E-state index < -0.39 is 23.7 Å². The molecule has 1 atom stereocenters. The number of phenolic OH excluding ortho intramolecular Hbond substituents is 1. The first-order valence-corrected chi connectivity index (χ1v) is 11.9. The molecular weight excluding hydrogens is 474 g/mol. The van der Waals surface area contributed by atoms with E-state index >= 15 is 0 Å². The van der Waals surface area contributed by atoms with Crippen molar-refractivity contribution in [3.63, 3.8) is 0 Å². The highest BCUT2D eigenvalue weighted by Gasteiger charge is 2.47. The number of ether oxygens (including phenoxy) is 2. The maximum absolute atomic E-state index is 13.3. The van der Waals surface area contributed by atoms with E-state index in [1.165, 1.54) is 29.2 Å². The van der Waals surface area contributed by atoms with Gasteiger partial charge in [0.25, 0.3) is 11.7 Å². The molecule has 37 heavy (non-hydrogen) atoms. The van der Waals surface area contributed by atoms with Gasteiger partial charge in [-0.15, -0.1) is 0 Å². The number of phenols is 1. The number of aliphatic hydroxyl groups excluding tert-OH is 1. The molecule has 1 saturated heterocycles. The number of Topliss-reactive ketones (excluding diaryl/α,β-unsaturated/α-hetero) is 1. The van der Waals surface area contributed by atoms with Gasteiger partial charge in [0.15, 0.2) is 0 Å². The van der Waals surface area contributed by atoms with Gasteiger partial charge in [-0.2, -0.15) is 0 Å². The summed E-state index contributed by atoms with van der Waals surface area (Å²) in [5.41, 5.74) is 2.20. The van der Waals surface area contributed by atoms with Crippen molar-refractivity contribution in [1.29, 1.82) is 0 Å². The minimum absolute atomic E-state index is 0.0154. The van der Waals surface area contributed by atoms with Gasteiger partial charge in [-0.25, -0.2) is 4.79 Å². The van der Waals surface area contributed by atoms with Crippen LogP contribution in [0.25, 0.3) is 5.76 Å². The lowest BCUT2D eigenvalue weighted by Crippen LogP contribution is -2.29. The number of rotatable bonds is 7. The first kappa shape index (κ1) is 25.5. The van der Waals surface area contributed by atoms with Gasteiger partial charge in [-0.1, -0.05) is 12.1 Å². The van der Waals surface area contributed by atoms with E-state index in [0.717, 1.165) is 5.56 Å². The van der Waals surface area contributed by atoms with Crippen LogP contribution in [0.5, 0.6) is 11.5 Å². The maximum atomic E-state index is 13.3. The zero-order valence-electron chi connectivity index (χ0n) is 20.7. The van der Waals surface area contributed by atoms with Crippen molar-refractivity contribution in [2.75, 3.05) is 18.1 Å². The fourth-order valence-electron chi connectivity index (χ4n) is 4.31. The Labute approximate surface area is 214 Å². The molecule has 0 bridgehead atoms. The molecule has 1 aliphatic rings. The molecule has 8 nitrogen and oxygen atoms in total. The lowest BCUT2D eigenvalue weighted by Gasteiger charge is -2.25. The highest BCUT2D eigenvalue weighted by molar-refractivity contribution is 6.51. The van der Waals surface area contributed by atoms with Crippen LogP contribution in [-0.2, 0) is 14.3 Å². The van der Waals surface area contributed by atoms with Crippen molar-refractivity contribution in [3.05, 3.63) is 94.6 Å². The summed E-state index contributed by atoms with van der Waals surface area (Å²) in [6.45, 7) is 6.10. The number of hydrogen-bond donors (Lipinski definition) is 2. The maximum Gasteiger partial charge on any atom is 0.338 e. The van der Waals surface area contributed by atoms with E-state index in [-0.39, 0.29) is 23.7 Å². The highest BCUT2D eigenvalue weighted by atomic mass is 16.5. The normalized spacial score (nSPS) is 16.6. The smallest absolute Gasteiger partial charge is 0.338 e. The fourth-order valence-corrected chi connectivity index (χ4v) is 4.31. The summed E-state index contributed by atoms with van der Waals surface area (Å²) < 4.78 is 10.6. The third-order valence-electron chi connectivity index (χ3n) is 6.06. The zero-order valence-corrected chi connectivity index (χ0v) is 20.7. The summed E-state index contributed by atoms with van der Waals surface area (Å²) in [4.78, 5) is 40.0. The molecule has 1 unspecified atom stereocenters. The highest BCUT2D eigenvalue weighted by Crippen LogP contribution is 2.42. The number of aromatic hydroxyl groups is 1. The Morgan fingerprint density at radius 3 is 2.16 bits per heavy atom. The number of amides is 1. The van der Waals surface area contributed by atoms with Gasteiger partial charge in [-0.3, -0.25) is 14.5 Å². The number of carbonyl (C=O) groups is 3. The Kier molecular flexibility index (Phi) is 7.29. The van der Waals surface area contributed by atoms with E-state index in [1.54, 1.807) is 49.4 Å². The van der Waals surface area contributed by atoms with Gasteiger partial charge in [0, 0.05) is 11.3 Å². The molecule has 1 heterocycles. The number of aliphatic hydroxyl groups is 1. The number of benzene rings is 3. The molecule has 1 fully saturated rings. The molecule has 4 rings (SSSR count). The van der Waals surface area contributed by atoms with Crippen molar-refractivity contribution in [2.24, 2.45) is 0 Å². The molecule has 1 aliphatic heterocycles. The molecule has 3 aromatic carbocycles. The summed E-state index contributed by atoms with van der Waals surface area (Å²) in [6.07, 6.45) is 0. The molecule has 2 N–H and O–H groups in total. The van der Waals surface area contributed by atoms with Gasteiger partial charge in [-0.05, 0) is 86.5 Å². The Morgan fingerprint density at radius 2 is 1.57 bits per heavy atom. The number of aryl methyl sites for hydroxylation is 1. The third-order valence-corrected chi connectivity index (χ3v) is 6.06. The monoisotopic (exact) mass is 501 g/mol. The van der Waals surface area contributed by atoms with Crippen LogP contribution >= 0.6 is 0 Å². The number of carbonyl (C=O) groups excluding carboxylic acids is 3. The fraction of sp³-hybridized carbons (Fsp3) is 0.207. The predicted molar refractivity (Wildman–Crippen MR) is 138 cm³/mol. The SMILES string of the molecule is CCOC(=O)c1ccc(N2C(=O)C(=O)/C(=C(\O)c3ccc(OCC)c(C)c3)C2c2ccc(O)cc2)cc1. The summed E-state index contributed by atoms with van der Waals surface area (Å²) in [5.74, 6) is -1.84. The van der Waals surface area contributed by atoms with Crippen LogP contribution in [-0.4, -0.2) is 41.1 Å². The van der Waals surface area contributed by atoms with Crippen LogP contribution in [0.3, 0.4) is 0 Å². The zero-order chi connectivity index (χ0) is 26.7. The molecule has 0 radical (unpaired) electrons. The van der Waals surface area contributed by atoms with Gasteiger partial charge >= 0.3 is 5.97 Å². The van der Waals surface area contributed by atoms with Crippen LogP contribution in [0.4, 0.5) is 5.69 Å². The lowest BCUT2D eigenvalue weighted by atomic mass is 9.94. The van der Waals surface area contributed by atoms with Crippen molar-refractivity contribution >= 4 is 29.1 Å². The Bertz CT molecular complexity index is 1370. The summed E-state index contributed by atoms with van der Waals surface area (Å²) in [7, 11) is 0. The second-order valence-corrected chi connectivity index (χ2v) is 8.44. The van der Waals surface area contributed by atoms with Gasteiger partial charge < -0.3 is 19.7 Å². The quantitative estimate of drug-likeness (QED) is 0.205. The standard InChI is InChI=1S/C29H27NO7/c1-4-36-23-15-10-20(16-17(23)3)26(32)24-25(18-8-13-22(31)14-9-18)30(28(34)27(24)33)21-11-6-19(7-12-21)29(35)37-5-2/h6-16,25,31-32H,4-5H2,1-3H3/b26-24-. The average molecular weight is 502 g/mol. The van der Waals surface area contributed by atoms with E-state index in [1.807, 2.05) is 13.8 Å². The molecule has 1 amide bonds. The number of nitrogens with zero attached hydrogens (tertiary/aromatic N) is 1. The average Bonchev–Trinajstić information content (AvgIpc) is 3.15. The molecule has 190 valence electrons. The van der Waals surface area contributed by atoms with E-state index in [9.17, 15) is 24.6 Å². The van der Waals surface area contributed by atoms with E-state index in [2.05, 4.69) is 0 Å². The van der Waals surface area contributed by atoms with Crippen LogP contribution in [0.1, 0.15) is 46.9 Å². The van der Waals surface area contributed by atoms with Gasteiger partial charge in [0.2, 0.25) is 0 Å². The van der Waals surface area contributed by atoms with Crippen LogP contribution in [0.15, 0.2) is 72.3 Å². The Morgan fingerprint density at radius 1 is 0.919 bits per heavy atom. The number of hydrogen-bond acceptors (Lipinski definition) is 7. The molecule has 0 aliphatic carbocycles. The second kappa shape index (κ2) is 10.6. The summed E-state index contributed by atoms with van der Waals surface area (Å²) in [5, 5.41) is 21.1. The molecule has 0 saturated carbocycles. The number of esters is 1. The molecular formula is C29H27NO7. The van der Waals surface area contributed by atoms with Crippen molar-refractivity contribution in [2.45, 2.75) is 26.8 Å². The minimum Gasteiger partial charge on any atom is -0.508 e. The second-order valence-electron chi connectivity index (χ2n) is 8.44. The first-order valence-electron chi connectivity index (χ1n) is 11.9. The largest absolute Gasteiger partial charge is 0.508 e. The Balaban J connectivity index is 1.85. The molecule has 3 aromatic rings. The predicted octanol–water partition coefficient (Wildman–Crippen LogP) is 4.90. The Hall–Kier alpha value is -4.59. The van der Waals surface area contributed by atoms with Crippen molar-refractivity contribution in [3.8, 4) is 11.5 Å². The third kappa shape index (κ3) is 4.91. The van der Waals surface area contributed by atoms with Crippen LogP contribution in [0.2, 0.25) is 0 Å². The number of ketones is 1. The topological polar surface area (TPSA) is 113 Å². The van der Waals surface area contributed by atoms with Gasteiger partial charge in [0.05, 0.1) is 30.4 Å². The minimum atomic E-state index is -0.971. The molecule has 0 spiro atoms. The van der Waals surface area contributed by atoms with Crippen LogP contribution in [0, 0.1) is 6.92 Å². The van der Waals surface area contributed by atoms with Crippen molar-refractivity contribution < 1.29 is 34.1 Å². The van der Waals surface area contributed by atoms with Gasteiger partial charge in [0.1, 0.15) is 17.3 Å². The van der Waals surface area contributed by atoms with E-state index in [4.69, 9.17) is 9.47 Å². The van der Waals surface area contributed by atoms with Crippen molar-refractivity contribution in [1.82, 2.24) is 0 Å². The summed E-state index contributed by atoms with van der Waals surface area (Å²) >= 11 is 0. The van der Waals surface area contributed by atoms with Crippen LogP contribution < -0.4 is 9.64 Å². The summed E-state index contributed by atoms with van der Waals surface area (Å²) in [6, 6.07) is 16.2. The molecule has 0 aromatic heterocycles. The lowest BCUT2D eigenvalue weighted by molar-refractivity contribution is -0.132. The molecule has 8 heteroatoms. The van der Waals surface area contributed by atoms with E-state index in [0.29, 0.717) is 34.7 Å². The first-order chi connectivity index (χ1) is 17.8. The number of anilines is 1.